The van der Waals surface area contributed by atoms with E-state index in [1.54, 1.807) is 0 Å². The van der Waals surface area contributed by atoms with Crippen LogP contribution in [0, 0.1) is 11.8 Å². The molecule has 136 valence electrons. The van der Waals surface area contributed by atoms with Crippen LogP contribution in [-0.4, -0.2) is 28.7 Å². The first kappa shape index (κ1) is 17.8. The molecule has 0 aromatic heterocycles. The molecule has 2 fully saturated rings. The van der Waals surface area contributed by atoms with Crippen molar-refractivity contribution in [3.63, 3.8) is 0 Å². The van der Waals surface area contributed by atoms with Crippen LogP contribution in [0.25, 0.3) is 0 Å². The molecule has 3 rings (SSSR count). The Morgan fingerprint density at radius 2 is 1.72 bits per heavy atom. The van der Waals surface area contributed by atoms with Crippen LogP contribution in [0.1, 0.15) is 51.0 Å². The standard InChI is InChI=1S/C20H28N2O3/c1-20(16-9-10-16,13-14-5-3-2-4-6-14)22-19(25)21-17-11-7-15(8-12-17)18(23)24/h2-6,15-17H,7-13H2,1H3,(H,23,24)(H2,21,22,25). The predicted molar refractivity (Wildman–Crippen MR) is 96.3 cm³/mol. The van der Waals surface area contributed by atoms with E-state index in [0.29, 0.717) is 18.8 Å². The summed E-state index contributed by atoms with van der Waals surface area (Å²) in [5.74, 6) is -0.441. The van der Waals surface area contributed by atoms with E-state index in [0.717, 1.165) is 32.1 Å². The molecule has 1 unspecified atom stereocenters. The summed E-state index contributed by atoms with van der Waals surface area (Å²) in [4.78, 5) is 23.6. The Kier molecular flexibility index (Phi) is 5.30. The minimum absolute atomic E-state index is 0.0794. The molecule has 0 heterocycles. The Hall–Kier alpha value is -2.04. The lowest BCUT2D eigenvalue weighted by molar-refractivity contribution is -0.142. The van der Waals surface area contributed by atoms with Gasteiger partial charge >= 0.3 is 12.0 Å². The van der Waals surface area contributed by atoms with Crippen molar-refractivity contribution >= 4 is 12.0 Å². The Balaban J connectivity index is 1.54. The maximum Gasteiger partial charge on any atom is 0.315 e. The quantitative estimate of drug-likeness (QED) is 0.740. The summed E-state index contributed by atoms with van der Waals surface area (Å²) < 4.78 is 0. The molecule has 5 nitrogen and oxygen atoms in total. The zero-order valence-corrected chi connectivity index (χ0v) is 14.8. The fourth-order valence-corrected chi connectivity index (χ4v) is 4.00. The number of carboxylic acid groups (broad SMARTS) is 1. The molecule has 5 heteroatoms. The summed E-state index contributed by atoms with van der Waals surface area (Å²) in [7, 11) is 0. The van der Waals surface area contributed by atoms with Gasteiger partial charge in [-0.3, -0.25) is 4.79 Å². The van der Waals surface area contributed by atoms with Crippen LogP contribution in [0.5, 0.6) is 0 Å². The van der Waals surface area contributed by atoms with Crippen LogP contribution >= 0.6 is 0 Å². The molecule has 3 N–H and O–H groups in total. The molecular formula is C20H28N2O3. The van der Waals surface area contributed by atoms with E-state index < -0.39 is 5.97 Å². The van der Waals surface area contributed by atoms with Crippen molar-refractivity contribution in [3.8, 4) is 0 Å². The van der Waals surface area contributed by atoms with E-state index in [-0.39, 0.29) is 23.5 Å². The monoisotopic (exact) mass is 344 g/mol. The predicted octanol–water partition coefficient (Wildman–Crippen LogP) is 3.34. The maximum absolute atomic E-state index is 12.5. The normalized spacial score (nSPS) is 25.6. The van der Waals surface area contributed by atoms with Crippen molar-refractivity contribution in [1.82, 2.24) is 10.6 Å². The van der Waals surface area contributed by atoms with Gasteiger partial charge in [-0.15, -0.1) is 0 Å². The highest BCUT2D eigenvalue weighted by atomic mass is 16.4. The van der Waals surface area contributed by atoms with E-state index in [2.05, 4.69) is 29.7 Å². The van der Waals surface area contributed by atoms with Crippen LogP contribution < -0.4 is 10.6 Å². The van der Waals surface area contributed by atoms with Gasteiger partial charge < -0.3 is 15.7 Å². The summed E-state index contributed by atoms with van der Waals surface area (Å²) in [6.07, 6.45) is 5.92. The number of amides is 2. The molecule has 2 aliphatic rings. The minimum atomic E-state index is -0.716. The van der Waals surface area contributed by atoms with E-state index in [4.69, 9.17) is 5.11 Å². The zero-order chi connectivity index (χ0) is 17.9. The largest absolute Gasteiger partial charge is 0.481 e. The van der Waals surface area contributed by atoms with Crippen molar-refractivity contribution in [2.24, 2.45) is 11.8 Å². The Morgan fingerprint density at radius 3 is 2.28 bits per heavy atom. The lowest BCUT2D eigenvalue weighted by Crippen LogP contribution is -2.55. The van der Waals surface area contributed by atoms with Crippen molar-refractivity contribution < 1.29 is 14.7 Å². The van der Waals surface area contributed by atoms with Crippen molar-refractivity contribution in [2.45, 2.75) is 63.5 Å². The highest BCUT2D eigenvalue weighted by Crippen LogP contribution is 2.41. The molecule has 0 saturated heterocycles. The number of urea groups is 1. The second-order valence-corrected chi connectivity index (χ2v) is 7.84. The Labute approximate surface area is 149 Å². The van der Waals surface area contributed by atoms with Crippen LogP contribution in [0.4, 0.5) is 4.79 Å². The Morgan fingerprint density at radius 1 is 1.08 bits per heavy atom. The number of benzene rings is 1. The number of carbonyl (C=O) groups excluding carboxylic acids is 1. The molecule has 2 aliphatic carbocycles. The molecular weight excluding hydrogens is 316 g/mol. The van der Waals surface area contributed by atoms with Gasteiger partial charge in [0.2, 0.25) is 0 Å². The van der Waals surface area contributed by atoms with Gasteiger partial charge in [-0.25, -0.2) is 4.79 Å². The third kappa shape index (κ3) is 4.74. The number of carboxylic acids is 1. The number of nitrogens with one attached hydrogen (secondary N) is 2. The minimum Gasteiger partial charge on any atom is -0.481 e. The van der Waals surface area contributed by atoms with E-state index in [9.17, 15) is 9.59 Å². The fourth-order valence-electron chi connectivity index (χ4n) is 4.00. The number of hydrogen-bond acceptors (Lipinski definition) is 2. The topological polar surface area (TPSA) is 78.4 Å². The summed E-state index contributed by atoms with van der Waals surface area (Å²) in [6.45, 7) is 2.14. The molecule has 0 aliphatic heterocycles. The van der Waals surface area contributed by atoms with Crippen molar-refractivity contribution in [3.05, 3.63) is 35.9 Å². The molecule has 25 heavy (non-hydrogen) atoms. The average molecular weight is 344 g/mol. The highest BCUT2D eigenvalue weighted by Gasteiger charge is 2.42. The van der Waals surface area contributed by atoms with Gasteiger partial charge in [0.05, 0.1) is 5.92 Å². The van der Waals surface area contributed by atoms with Gasteiger partial charge in [0.15, 0.2) is 0 Å². The first-order chi connectivity index (χ1) is 12.0. The molecule has 1 aromatic rings. The summed E-state index contributed by atoms with van der Waals surface area (Å²) in [5.41, 5.74) is 1.00. The average Bonchev–Trinajstić information content (AvgIpc) is 3.41. The molecule has 1 atom stereocenters. The van der Waals surface area contributed by atoms with E-state index in [1.807, 2.05) is 18.2 Å². The number of aliphatic carboxylic acids is 1. The molecule has 0 radical (unpaired) electrons. The van der Waals surface area contributed by atoms with Crippen LogP contribution in [0.2, 0.25) is 0 Å². The number of hydrogen-bond donors (Lipinski definition) is 3. The second-order valence-electron chi connectivity index (χ2n) is 7.84. The van der Waals surface area contributed by atoms with Gasteiger partial charge in [0.1, 0.15) is 0 Å². The third-order valence-electron chi connectivity index (χ3n) is 5.70. The van der Waals surface area contributed by atoms with Gasteiger partial charge in [0, 0.05) is 11.6 Å². The Bertz CT molecular complexity index is 607. The molecule has 0 bridgehead atoms. The lowest BCUT2D eigenvalue weighted by atomic mass is 9.86. The molecule has 2 saturated carbocycles. The second kappa shape index (κ2) is 7.46. The van der Waals surface area contributed by atoms with Gasteiger partial charge in [-0.05, 0) is 63.4 Å². The van der Waals surface area contributed by atoms with E-state index in [1.165, 1.54) is 5.56 Å². The number of carbonyl (C=O) groups is 2. The van der Waals surface area contributed by atoms with E-state index >= 15 is 0 Å². The van der Waals surface area contributed by atoms with Crippen LogP contribution in [-0.2, 0) is 11.2 Å². The van der Waals surface area contributed by atoms with Crippen LogP contribution in [0.15, 0.2) is 30.3 Å². The summed E-state index contributed by atoms with van der Waals surface area (Å²) >= 11 is 0. The fraction of sp³-hybridized carbons (Fsp3) is 0.600. The molecule has 2 amide bonds. The molecule has 1 aromatic carbocycles. The van der Waals surface area contributed by atoms with Crippen LogP contribution in [0.3, 0.4) is 0 Å². The first-order valence-corrected chi connectivity index (χ1v) is 9.32. The van der Waals surface area contributed by atoms with Gasteiger partial charge in [-0.2, -0.15) is 0 Å². The van der Waals surface area contributed by atoms with Gasteiger partial charge in [0.25, 0.3) is 0 Å². The van der Waals surface area contributed by atoms with Crippen molar-refractivity contribution in [1.29, 1.82) is 0 Å². The van der Waals surface area contributed by atoms with Crippen molar-refractivity contribution in [2.75, 3.05) is 0 Å². The maximum atomic E-state index is 12.5. The highest BCUT2D eigenvalue weighted by molar-refractivity contribution is 5.75. The SMILES string of the molecule is CC(Cc1ccccc1)(NC(=O)NC1CCC(C(=O)O)CC1)C1CC1. The summed E-state index contributed by atoms with van der Waals surface area (Å²) in [5, 5.41) is 15.3. The molecule has 0 spiro atoms. The first-order valence-electron chi connectivity index (χ1n) is 9.32. The summed E-state index contributed by atoms with van der Waals surface area (Å²) in [6, 6.07) is 10.2. The number of rotatable bonds is 6. The van der Waals surface area contributed by atoms with Gasteiger partial charge in [-0.1, -0.05) is 30.3 Å². The smallest absolute Gasteiger partial charge is 0.315 e. The lowest BCUT2D eigenvalue weighted by Gasteiger charge is -2.33. The third-order valence-corrected chi connectivity index (χ3v) is 5.70. The zero-order valence-electron chi connectivity index (χ0n) is 14.8.